The number of benzene rings is 1. The standard InChI is InChI=1S/C20H21ClF3N5O2/c1-12-7-16(18(30-4)26-9-12)15-6-5-14(20(22,23)24)8-17(15)31-29(3)11-13(2)10-27-28-19(21)25/h5-11H,1-4H3,(H2,25,28)/b13-11-,27-10?. The Morgan fingerprint density at radius 3 is 2.58 bits per heavy atom. The first-order chi connectivity index (χ1) is 14.5. The van der Waals surface area contributed by atoms with E-state index in [0.29, 0.717) is 16.7 Å². The van der Waals surface area contributed by atoms with E-state index in [4.69, 9.17) is 26.9 Å². The minimum Gasteiger partial charge on any atom is -0.481 e. The third kappa shape index (κ3) is 6.88. The number of nitrogens with two attached hydrogens (primary N) is 1. The number of ether oxygens (including phenoxy) is 1. The quantitative estimate of drug-likeness (QED) is 0.282. The second-order valence-corrected chi connectivity index (χ2v) is 6.84. The van der Waals surface area contributed by atoms with Crippen LogP contribution in [0.15, 0.2) is 52.4 Å². The Bertz CT molecular complexity index is 1020. The van der Waals surface area contributed by atoms with Crippen molar-refractivity contribution in [1.29, 1.82) is 0 Å². The van der Waals surface area contributed by atoms with Crippen molar-refractivity contribution < 1.29 is 22.7 Å². The predicted molar refractivity (Wildman–Crippen MR) is 114 cm³/mol. The van der Waals surface area contributed by atoms with Crippen LogP contribution in [0.4, 0.5) is 13.2 Å². The van der Waals surface area contributed by atoms with E-state index in [0.717, 1.165) is 17.7 Å². The second kappa shape index (κ2) is 10.2. The van der Waals surface area contributed by atoms with Crippen LogP contribution in [0.25, 0.3) is 11.1 Å². The average molecular weight is 456 g/mol. The molecule has 0 unspecified atom stereocenters. The Morgan fingerprint density at radius 2 is 1.97 bits per heavy atom. The zero-order valence-corrected chi connectivity index (χ0v) is 18.0. The molecule has 166 valence electrons. The SMILES string of the molecule is COc1ncc(C)cc1-c1ccc(C(F)(F)F)cc1ON(C)/C=C(/C)C=NN=C(N)Cl. The number of halogens is 4. The van der Waals surface area contributed by atoms with Gasteiger partial charge in [0.05, 0.1) is 18.9 Å². The molecule has 11 heteroatoms. The first kappa shape index (κ1) is 24.0. The van der Waals surface area contributed by atoms with E-state index < -0.39 is 11.7 Å². The second-order valence-electron chi connectivity index (χ2n) is 6.46. The molecule has 1 heterocycles. The number of amidine groups is 1. The molecule has 0 aliphatic heterocycles. The maximum atomic E-state index is 13.3. The summed E-state index contributed by atoms with van der Waals surface area (Å²) in [4.78, 5) is 9.88. The van der Waals surface area contributed by atoms with Gasteiger partial charge in [0, 0.05) is 30.6 Å². The van der Waals surface area contributed by atoms with Gasteiger partial charge in [0.25, 0.3) is 0 Å². The van der Waals surface area contributed by atoms with E-state index in [-0.39, 0.29) is 16.9 Å². The van der Waals surface area contributed by atoms with Crippen LogP contribution in [-0.4, -0.2) is 35.7 Å². The lowest BCUT2D eigenvalue weighted by molar-refractivity contribution is -0.137. The highest BCUT2D eigenvalue weighted by molar-refractivity contribution is 6.64. The Morgan fingerprint density at radius 1 is 1.26 bits per heavy atom. The lowest BCUT2D eigenvalue weighted by Gasteiger charge is -2.20. The van der Waals surface area contributed by atoms with Crippen molar-refractivity contribution in [2.45, 2.75) is 20.0 Å². The van der Waals surface area contributed by atoms with Gasteiger partial charge in [-0.05, 0) is 60.9 Å². The van der Waals surface area contributed by atoms with Gasteiger partial charge in [0.15, 0.2) is 5.75 Å². The van der Waals surface area contributed by atoms with Crippen LogP contribution >= 0.6 is 11.6 Å². The minimum absolute atomic E-state index is 0.0352. The number of pyridine rings is 1. The lowest BCUT2D eigenvalue weighted by atomic mass is 10.0. The topological polar surface area (TPSA) is 85.3 Å². The number of hydroxylamine groups is 2. The van der Waals surface area contributed by atoms with E-state index in [2.05, 4.69) is 15.2 Å². The van der Waals surface area contributed by atoms with Crippen LogP contribution in [0.2, 0.25) is 0 Å². The highest BCUT2D eigenvalue weighted by atomic mass is 35.5. The summed E-state index contributed by atoms with van der Waals surface area (Å²) in [5.41, 5.74) is 6.58. The number of alkyl halides is 3. The van der Waals surface area contributed by atoms with E-state index in [9.17, 15) is 13.2 Å². The Hall–Kier alpha value is -3.27. The summed E-state index contributed by atoms with van der Waals surface area (Å²) >= 11 is 5.39. The molecule has 0 spiro atoms. The van der Waals surface area contributed by atoms with Crippen LogP contribution in [0.1, 0.15) is 18.1 Å². The Kier molecular flexibility index (Phi) is 7.87. The fraction of sp³-hybridized carbons (Fsp3) is 0.250. The highest BCUT2D eigenvalue weighted by Gasteiger charge is 2.32. The third-order valence-electron chi connectivity index (χ3n) is 3.82. The van der Waals surface area contributed by atoms with Gasteiger partial charge in [-0.1, -0.05) is 0 Å². The maximum absolute atomic E-state index is 13.3. The molecule has 0 saturated carbocycles. The van der Waals surface area contributed by atoms with Gasteiger partial charge in [-0.2, -0.15) is 18.3 Å². The van der Waals surface area contributed by atoms with Crippen molar-refractivity contribution in [3.63, 3.8) is 0 Å². The maximum Gasteiger partial charge on any atom is 0.416 e. The fourth-order valence-electron chi connectivity index (χ4n) is 2.59. The molecule has 0 amide bonds. The molecule has 0 bridgehead atoms. The van der Waals surface area contributed by atoms with Crippen molar-refractivity contribution in [2.24, 2.45) is 15.9 Å². The van der Waals surface area contributed by atoms with Crippen LogP contribution in [0.3, 0.4) is 0 Å². The summed E-state index contributed by atoms with van der Waals surface area (Å²) < 4.78 is 45.2. The van der Waals surface area contributed by atoms with Crippen molar-refractivity contribution in [3.8, 4) is 22.8 Å². The number of aromatic nitrogens is 1. The third-order valence-corrected chi connectivity index (χ3v) is 3.90. The van der Waals surface area contributed by atoms with E-state index in [1.807, 2.05) is 6.92 Å². The van der Waals surface area contributed by atoms with E-state index in [1.54, 1.807) is 19.2 Å². The molecule has 7 nitrogen and oxygen atoms in total. The molecule has 2 rings (SSSR count). The van der Waals surface area contributed by atoms with Crippen molar-refractivity contribution in [1.82, 2.24) is 10.0 Å². The monoisotopic (exact) mass is 455 g/mol. The van der Waals surface area contributed by atoms with Gasteiger partial charge < -0.3 is 15.3 Å². The number of hydrogen-bond acceptors (Lipinski definition) is 6. The van der Waals surface area contributed by atoms with E-state index >= 15 is 0 Å². The van der Waals surface area contributed by atoms with E-state index in [1.165, 1.54) is 37.7 Å². The summed E-state index contributed by atoms with van der Waals surface area (Å²) in [7, 11) is 2.95. The van der Waals surface area contributed by atoms with Gasteiger partial charge in [0.2, 0.25) is 11.2 Å². The Balaban J connectivity index is 2.48. The minimum atomic E-state index is -4.54. The largest absolute Gasteiger partial charge is 0.481 e. The highest BCUT2D eigenvalue weighted by Crippen LogP contribution is 2.40. The number of hydrogen-bond donors (Lipinski definition) is 1. The van der Waals surface area contributed by atoms with Crippen molar-refractivity contribution >= 4 is 23.1 Å². The van der Waals surface area contributed by atoms with Crippen LogP contribution in [0.5, 0.6) is 11.6 Å². The zero-order valence-electron chi connectivity index (χ0n) is 17.2. The fourth-order valence-corrected chi connectivity index (χ4v) is 2.63. The normalized spacial score (nSPS) is 12.9. The van der Waals surface area contributed by atoms with Crippen LogP contribution in [0, 0.1) is 6.92 Å². The molecule has 31 heavy (non-hydrogen) atoms. The van der Waals surface area contributed by atoms with Gasteiger partial charge in [-0.15, -0.1) is 5.10 Å². The number of rotatable bonds is 7. The number of methoxy groups -OCH3 is 1. The van der Waals surface area contributed by atoms with Gasteiger partial charge in [-0.3, -0.25) is 0 Å². The smallest absolute Gasteiger partial charge is 0.416 e. The first-order valence-electron chi connectivity index (χ1n) is 8.84. The molecule has 0 radical (unpaired) electrons. The molecular weight excluding hydrogens is 435 g/mol. The summed E-state index contributed by atoms with van der Waals surface area (Å²) in [5, 5.41) is 8.12. The molecule has 0 fully saturated rings. The van der Waals surface area contributed by atoms with Gasteiger partial charge >= 0.3 is 6.18 Å². The summed E-state index contributed by atoms with van der Waals surface area (Å²) in [6.45, 7) is 3.50. The molecule has 2 aromatic rings. The zero-order chi connectivity index (χ0) is 23.2. The molecule has 0 aliphatic carbocycles. The molecule has 0 atom stereocenters. The summed E-state index contributed by atoms with van der Waals surface area (Å²) in [6, 6.07) is 4.97. The van der Waals surface area contributed by atoms with Crippen molar-refractivity contribution in [2.75, 3.05) is 14.2 Å². The molecule has 1 aromatic carbocycles. The lowest BCUT2D eigenvalue weighted by Crippen LogP contribution is -2.17. The van der Waals surface area contributed by atoms with Gasteiger partial charge in [-0.25, -0.2) is 10.0 Å². The summed E-state index contributed by atoms with van der Waals surface area (Å²) in [6.07, 6.45) is -0.0858. The van der Waals surface area contributed by atoms with Gasteiger partial charge in [0.1, 0.15) is 0 Å². The first-order valence-corrected chi connectivity index (χ1v) is 9.22. The molecule has 0 aliphatic rings. The number of nitrogens with zero attached hydrogens (tertiary/aromatic N) is 4. The number of allylic oxidation sites excluding steroid dienone is 1. The Labute approximate surface area is 182 Å². The molecule has 0 saturated heterocycles. The van der Waals surface area contributed by atoms with Crippen LogP contribution in [-0.2, 0) is 6.18 Å². The van der Waals surface area contributed by atoms with Crippen LogP contribution < -0.4 is 15.3 Å². The molecule has 2 N–H and O–H groups in total. The van der Waals surface area contributed by atoms with Crippen molar-refractivity contribution in [3.05, 3.63) is 53.4 Å². The molecular formula is C20H21ClF3N5O2. The molecule has 1 aromatic heterocycles. The predicted octanol–water partition coefficient (Wildman–Crippen LogP) is 4.75. The average Bonchev–Trinajstić information content (AvgIpc) is 2.66. The number of aryl methyl sites for hydroxylation is 1. The summed E-state index contributed by atoms with van der Waals surface area (Å²) in [5.74, 6) is 0.222.